The quantitative estimate of drug-likeness (QED) is 0.934. The minimum Gasteiger partial charge on any atom is -0.303 e. The van der Waals surface area contributed by atoms with E-state index in [1.165, 1.54) is 6.07 Å². The normalized spacial score (nSPS) is 13.2. The van der Waals surface area contributed by atoms with Crippen molar-refractivity contribution in [3.8, 4) is 0 Å². The number of aromatic nitrogens is 2. The zero-order chi connectivity index (χ0) is 14.6. The van der Waals surface area contributed by atoms with E-state index in [1.54, 1.807) is 6.20 Å². The van der Waals surface area contributed by atoms with Crippen molar-refractivity contribution >= 4 is 0 Å². The van der Waals surface area contributed by atoms with Gasteiger partial charge in [-0.25, -0.2) is 0 Å². The van der Waals surface area contributed by atoms with Crippen LogP contribution in [0.3, 0.4) is 0 Å². The summed E-state index contributed by atoms with van der Waals surface area (Å²) >= 11 is 0. The molecule has 0 aliphatic rings. The smallest absolute Gasteiger partial charge is 0.303 e. The Balaban J connectivity index is 1.94. The molecular weight excluding hydrogens is 267 g/mol. The Labute approximate surface area is 114 Å². The summed E-state index contributed by atoms with van der Waals surface area (Å²) < 4.78 is 37.2. The Hall–Kier alpha value is -1.95. The van der Waals surface area contributed by atoms with Gasteiger partial charge in [0, 0.05) is 25.0 Å². The van der Waals surface area contributed by atoms with Crippen molar-refractivity contribution in [2.45, 2.75) is 25.7 Å². The molecule has 20 heavy (non-hydrogen) atoms. The molecule has 0 amide bonds. The predicted octanol–water partition coefficient (Wildman–Crippen LogP) is 3.35. The fraction of sp³-hybridized carbons (Fsp3) is 0.286. The van der Waals surface area contributed by atoms with Gasteiger partial charge in [0.1, 0.15) is 0 Å². The van der Waals surface area contributed by atoms with Crippen LogP contribution < -0.4 is 5.32 Å². The Morgan fingerprint density at radius 3 is 2.50 bits per heavy atom. The van der Waals surface area contributed by atoms with Crippen LogP contribution in [0.25, 0.3) is 0 Å². The summed E-state index contributed by atoms with van der Waals surface area (Å²) in [6, 6.07) is 8.01. The largest absolute Gasteiger partial charge is 0.417 e. The highest BCUT2D eigenvalue weighted by molar-refractivity contribution is 5.17. The van der Waals surface area contributed by atoms with Gasteiger partial charge in [0.05, 0.1) is 17.0 Å². The molecule has 0 aromatic carbocycles. The van der Waals surface area contributed by atoms with Crippen LogP contribution >= 0.6 is 0 Å². The van der Waals surface area contributed by atoms with Crippen LogP contribution in [0.5, 0.6) is 0 Å². The maximum Gasteiger partial charge on any atom is 0.417 e. The number of hydrogen-bond donors (Lipinski definition) is 1. The third-order valence-corrected chi connectivity index (χ3v) is 2.87. The van der Waals surface area contributed by atoms with E-state index >= 15 is 0 Å². The van der Waals surface area contributed by atoms with Crippen LogP contribution in [0.4, 0.5) is 13.2 Å². The van der Waals surface area contributed by atoms with Gasteiger partial charge in [-0.2, -0.15) is 13.2 Å². The summed E-state index contributed by atoms with van der Waals surface area (Å²) in [5, 5.41) is 3.17. The lowest BCUT2D eigenvalue weighted by Crippen LogP contribution is -2.19. The second-order valence-corrected chi connectivity index (χ2v) is 4.39. The highest BCUT2D eigenvalue weighted by atomic mass is 19.4. The van der Waals surface area contributed by atoms with Gasteiger partial charge < -0.3 is 5.32 Å². The van der Waals surface area contributed by atoms with E-state index in [-0.39, 0.29) is 6.04 Å². The zero-order valence-electron chi connectivity index (χ0n) is 10.9. The maximum absolute atomic E-state index is 12.4. The van der Waals surface area contributed by atoms with Crippen molar-refractivity contribution in [3.05, 3.63) is 59.7 Å². The number of pyridine rings is 2. The lowest BCUT2D eigenvalue weighted by Gasteiger charge is -2.13. The average Bonchev–Trinajstić information content (AvgIpc) is 2.45. The number of nitrogens with zero attached hydrogens (tertiary/aromatic N) is 2. The molecule has 1 N–H and O–H groups in total. The molecule has 1 atom stereocenters. The van der Waals surface area contributed by atoms with E-state index in [4.69, 9.17) is 0 Å². The SMILES string of the molecule is CC(NCc1ccc(C(F)(F)F)cn1)c1ccccn1. The molecule has 0 bridgehead atoms. The number of halogens is 3. The van der Waals surface area contributed by atoms with Crippen LogP contribution in [0.1, 0.15) is 29.9 Å². The van der Waals surface area contributed by atoms with Gasteiger partial charge in [-0.05, 0) is 31.2 Å². The number of alkyl halides is 3. The van der Waals surface area contributed by atoms with Crippen LogP contribution in [-0.2, 0) is 12.7 Å². The second kappa shape index (κ2) is 6.00. The highest BCUT2D eigenvalue weighted by Crippen LogP contribution is 2.28. The fourth-order valence-electron chi connectivity index (χ4n) is 1.69. The van der Waals surface area contributed by atoms with Gasteiger partial charge in [-0.1, -0.05) is 6.07 Å². The van der Waals surface area contributed by atoms with Gasteiger partial charge in [-0.15, -0.1) is 0 Å². The first-order chi connectivity index (χ1) is 9.47. The summed E-state index contributed by atoms with van der Waals surface area (Å²) in [4.78, 5) is 8.01. The standard InChI is InChI=1S/C14H14F3N3/c1-10(13-4-2-3-7-18-13)19-9-12-6-5-11(8-20-12)14(15,16)17/h2-8,10,19H,9H2,1H3. The molecule has 0 saturated carbocycles. The van der Waals surface area contributed by atoms with E-state index in [1.807, 2.05) is 25.1 Å². The van der Waals surface area contributed by atoms with Crippen LogP contribution in [0.2, 0.25) is 0 Å². The van der Waals surface area contributed by atoms with E-state index in [9.17, 15) is 13.2 Å². The molecule has 106 valence electrons. The Kier molecular flexibility index (Phi) is 4.34. The summed E-state index contributed by atoms with van der Waals surface area (Å²) in [7, 11) is 0. The Morgan fingerprint density at radius 2 is 1.95 bits per heavy atom. The maximum atomic E-state index is 12.4. The van der Waals surface area contributed by atoms with Crippen molar-refractivity contribution in [1.29, 1.82) is 0 Å². The average molecular weight is 281 g/mol. The second-order valence-electron chi connectivity index (χ2n) is 4.39. The van der Waals surface area contributed by atoms with Crippen molar-refractivity contribution < 1.29 is 13.2 Å². The molecular formula is C14H14F3N3. The first kappa shape index (κ1) is 14.5. The van der Waals surface area contributed by atoms with Crippen molar-refractivity contribution in [1.82, 2.24) is 15.3 Å². The summed E-state index contributed by atoms with van der Waals surface area (Å²) in [6.07, 6.45) is -1.80. The van der Waals surface area contributed by atoms with Gasteiger partial charge in [0.15, 0.2) is 0 Å². The van der Waals surface area contributed by atoms with Gasteiger partial charge in [0.2, 0.25) is 0 Å². The van der Waals surface area contributed by atoms with Crippen LogP contribution in [0.15, 0.2) is 42.7 Å². The summed E-state index contributed by atoms with van der Waals surface area (Å²) in [5.41, 5.74) is 0.694. The zero-order valence-corrected chi connectivity index (χ0v) is 10.9. The molecule has 0 radical (unpaired) electrons. The molecule has 0 saturated heterocycles. The van der Waals surface area contributed by atoms with E-state index in [0.29, 0.717) is 12.2 Å². The third kappa shape index (κ3) is 3.77. The molecule has 2 rings (SSSR count). The molecule has 1 unspecified atom stereocenters. The van der Waals surface area contributed by atoms with Crippen LogP contribution in [-0.4, -0.2) is 9.97 Å². The minimum absolute atomic E-state index is 0.000271. The van der Waals surface area contributed by atoms with Gasteiger partial charge >= 0.3 is 6.18 Å². The van der Waals surface area contributed by atoms with Crippen molar-refractivity contribution in [3.63, 3.8) is 0 Å². The lowest BCUT2D eigenvalue weighted by molar-refractivity contribution is -0.137. The van der Waals surface area contributed by atoms with E-state index in [2.05, 4.69) is 15.3 Å². The molecule has 2 aromatic heterocycles. The van der Waals surface area contributed by atoms with Crippen molar-refractivity contribution in [2.75, 3.05) is 0 Å². The molecule has 6 heteroatoms. The van der Waals surface area contributed by atoms with Crippen LogP contribution in [0, 0.1) is 0 Å². The first-order valence-corrected chi connectivity index (χ1v) is 6.13. The molecule has 0 aliphatic carbocycles. The van der Waals surface area contributed by atoms with Crippen molar-refractivity contribution in [2.24, 2.45) is 0 Å². The number of rotatable bonds is 4. The highest BCUT2D eigenvalue weighted by Gasteiger charge is 2.30. The third-order valence-electron chi connectivity index (χ3n) is 2.87. The Morgan fingerprint density at radius 1 is 1.15 bits per heavy atom. The fourth-order valence-corrected chi connectivity index (χ4v) is 1.69. The first-order valence-electron chi connectivity index (χ1n) is 6.13. The summed E-state index contributed by atoms with van der Waals surface area (Å²) in [5.74, 6) is 0. The molecule has 0 fully saturated rings. The molecule has 2 heterocycles. The lowest BCUT2D eigenvalue weighted by atomic mass is 10.2. The van der Waals surface area contributed by atoms with E-state index in [0.717, 1.165) is 18.0 Å². The number of hydrogen-bond acceptors (Lipinski definition) is 3. The molecule has 2 aromatic rings. The minimum atomic E-state index is -4.35. The monoisotopic (exact) mass is 281 g/mol. The topological polar surface area (TPSA) is 37.8 Å². The van der Waals surface area contributed by atoms with E-state index < -0.39 is 11.7 Å². The predicted molar refractivity (Wildman–Crippen MR) is 68.7 cm³/mol. The molecule has 3 nitrogen and oxygen atoms in total. The Bertz CT molecular complexity index is 538. The van der Waals surface area contributed by atoms with Gasteiger partial charge in [-0.3, -0.25) is 9.97 Å². The van der Waals surface area contributed by atoms with Gasteiger partial charge in [0.25, 0.3) is 0 Å². The summed E-state index contributed by atoms with van der Waals surface area (Å²) in [6.45, 7) is 2.32. The molecule has 0 aliphatic heterocycles. The number of nitrogens with one attached hydrogen (secondary N) is 1. The molecule has 0 spiro atoms.